The molecule has 4 heteroatoms. The van der Waals surface area contributed by atoms with Crippen molar-refractivity contribution in [3.8, 4) is 0 Å². The topological polar surface area (TPSA) is 38.3 Å². The molecule has 0 aliphatic carbocycles. The summed E-state index contributed by atoms with van der Waals surface area (Å²) in [6.07, 6.45) is 2.95. The smallest absolute Gasteiger partial charge is 0.251 e. The Morgan fingerprint density at radius 3 is 2.78 bits per heavy atom. The lowest BCUT2D eigenvalue weighted by Crippen LogP contribution is -2.25. The lowest BCUT2D eigenvalue weighted by molar-refractivity contribution is 0.0952. The maximum Gasteiger partial charge on any atom is 0.251 e. The summed E-state index contributed by atoms with van der Waals surface area (Å²) in [4.78, 5) is 11.8. The van der Waals surface area contributed by atoms with Crippen LogP contribution < -0.4 is 5.32 Å². The Hall–Kier alpha value is -1.42. The summed E-state index contributed by atoms with van der Waals surface area (Å²) in [6.45, 7) is 3.13. The molecule has 0 bridgehead atoms. The van der Waals surface area contributed by atoms with Gasteiger partial charge in [-0.25, -0.2) is 4.39 Å². The monoisotopic (exact) mass is 253 g/mol. The van der Waals surface area contributed by atoms with Crippen molar-refractivity contribution in [2.24, 2.45) is 0 Å². The van der Waals surface area contributed by atoms with Crippen molar-refractivity contribution in [1.29, 1.82) is 0 Å². The maximum absolute atomic E-state index is 12.9. The largest absolute Gasteiger partial charge is 0.385 e. The summed E-state index contributed by atoms with van der Waals surface area (Å²) in [6, 6.07) is 4.19. The molecule has 0 fully saturated rings. The first-order valence-electron chi connectivity index (χ1n) is 6.18. The molecule has 1 N–H and O–H groups in total. The molecular weight excluding hydrogens is 233 g/mol. The van der Waals surface area contributed by atoms with Gasteiger partial charge in [-0.3, -0.25) is 4.79 Å². The molecule has 1 aromatic carbocycles. The molecule has 1 aromatic rings. The van der Waals surface area contributed by atoms with Gasteiger partial charge in [-0.1, -0.05) is 0 Å². The molecule has 0 aliphatic rings. The van der Waals surface area contributed by atoms with Gasteiger partial charge in [-0.05, 0) is 49.9 Å². The minimum atomic E-state index is -0.316. The number of nitrogens with one attached hydrogen (secondary N) is 1. The fourth-order valence-electron chi connectivity index (χ4n) is 1.73. The Morgan fingerprint density at radius 1 is 1.33 bits per heavy atom. The molecule has 0 saturated carbocycles. The van der Waals surface area contributed by atoms with E-state index in [-0.39, 0.29) is 11.7 Å². The number of methoxy groups -OCH3 is 1. The fraction of sp³-hybridized carbons (Fsp3) is 0.500. The van der Waals surface area contributed by atoms with Crippen molar-refractivity contribution >= 4 is 5.91 Å². The Balaban J connectivity index is 2.32. The Bertz CT molecular complexity index is 393. The normalized spacial score (nSPS) is 10.4. The van der Waals surface area contributed by atoms with E-state index in [2.05, 4.69) is 5.32 Å². The zero-order chi connectivity index (χ0) is 13.4. The van der Waals surface area contributed by atoms with E-state index < -0.39 is 0 Å². The van der Waals surface area contributed by atoms with E-state index in [1.807, 2.05) is 0 Å². The van der Waals surface area contributed by atoms with Crippen LogP contribution in [0.25, 0.3) is 0 Å². The predicted molar refractivity (Wildman–Crippen MR) is 69.2 cm³/mol. The summed E-state index contributed by atoms with van der Waals surface area (Å²) in [7, 11) is 1.68. The van der Waals surface area contributed by atoms with Crippen LogP contribution in [-0.4, -0.2) is 26.2 Å². The number of carbonyl (C=O) groups is 1. The molecule has 0 unspecified atom stereocenters. The molecule has 1 rings (SSSR count). The van der Waals surface area contributed by atoms with Crippen LogP contribution in [0, 0.1) is 12.7 Å². The SMILES string of the molecule is COCCCCCNC(=O)c1ccc(F)cc1C. The number of unbranched alkanes of at least 4 members (excludes halogenated alkanes) is 2. The van der Waals surface area contributed by atoms with E-state index in [4.69, 9.17) is 4.74 Å². The lowest BCUT2D eigenvalue weighted by Gasteiger charge is -2.07. The maximum atomic E-state index is 12.9. The fourth-order valence-corrected chi connectivity index (χ4v) is 1.73. The second-order valence-electron chi connectivity index (χ2n) is 4.27. The van der Waals surface area contributed by atoms with E-state index in [1.165, 1.54) is 18.2 Å². The number of carbonyl (C=O) groups excluding carboxylic acids is 1. The molecule has 3 nitrogen and oxygen atoms in total. The highest BCUT2D eigenvalue weighted by Crippen LogP contribution is 2.09. The summed E-state index contributed by atoms with van der Waals surface area (Å²) in [5.74, 6) is -0.456. The van der Waals surface area contributed by atoms with Crippen LogP contribution in [0.1, 0.15) is 35.2 Å². The van der Waals surface area contributed by atoms with Crippen molar-refractivity contribution in [2.45, 2.75) is 26.2 Å². The molecule has 18 heavy (non-hydrogen) atoms. The minimum Gasteiger partial charge on any atom is -0.385 e. The number of aryl methyl sites for hydroxylation is 1. The quantitative estimate of drug-likeness (QED) is 0.759. The van der Waals surface area contributed by atoms with Crippen LogP contribution in [0.2, 0.25) is 0 Å². The first kappa shape index (κ1) is 14.6. The van der Waals surface area contributed by atoms with E-state index in [9.17, 15) is 9.18 Å². The minimum absolute atomic E-state index is 0.140. The van der Waals surface area contributed by atoms with Crippen molar-refractivity contribution in [3.63, 3.8) is 0 Å². The third-order valence-electron chi connectivity index (χ3n) is 2.74. The van der Waals surface area contributed by atoms with Crippen molar-refractivity contribution in [1.82, 2.24) is 5.32 Å². The van der Waals surface area contributed by atoms with Gasteiger partial charge in [0.1, 0.15) is 5.82 Å². The highest BCUT2D eigenvalue weighted by molar-refractivity contribution is 5.95. The van der Waals surface area contributed by atoms with Gasteiger partial charge in [0.15, 0.2) is 0 Å². The van der Waals surface area contributed by atoms with Crippen molar-refractivity contribution < 1.29 is 13.9 Å². The van der Waals surface area contributed by atoms with Gasteiger partial charge in [0.25, 0.3) is 5.91 Å². The predicted octanol–water partition coefficient (Wildman–Crippen LogP) is 2.68. The van der Waals surface area contributed by atoms with Crippen LogP contribution >= 0.6 is 0 Å². The van der Waals surface area contributed by atoms with Gasteiger partial charge in [-0.15, -0.1) is 0 Å². The second-order valence-corrected chi connectivity index (χ2v) is 4.27. The molecule has 100 valence electrons. The van der Waals surface area contributed by atoms with Crippen LogP contribution in [0.5, 0.6) is 0 Å². The van der Waals surface area contributed by atoms with Gasteiger partial charge in [0, 0.05) is 25.8 Å². The third kappa shape index (κ3) is 4.84. The average molecular weight is 253 g/mol. The first-order valence-corrected chi connectivity index (χ1v) is 6.18. The number of hydrogen-bond acceptors (Lipinski definition) is 2. The summed E-state index contributed by atoms with van der Waals surface area (Å²) < 4.78 is 17.8. The lowest BCUT2D eigenvalue weighted by atomic mass is 10.1. The highest BCUT2D eigenvalue weighted by Gasteiger charge is 2.08. The van der Waals surface area contributed by atoms with Gasteiger partial charge < -0.3 is 10.1 Å². The average Bonchev–Trinajstić information content (AvgIpc) is 2.33. The second kappa shape index (κ2) is 7.82. The number of halogens is 1. The Labute approximate surface area is 107 Å². The summed E-state index contributed by atoms with van der Waals surface area (Å²) in [5, 5.41) is 2.83. The molecule has 0 radical (unpaired) electrons. The van der Waals surface area contributed by atoms with Crippen LogP contribution in [0.3, 0.4) is 0 Å². The number of hydrogen-bond donors (Lipinski definition) is 1. The van der Waals surface area contributed by atoms with E-state index in [0.717, 1.165) is 25.9 Å². The third-order valence-corrected chi connectivity index (χ3v) is 2.74. The summed E-state index contributed by atoms with van der Waals surface area (Å²) >= 11 is 0. The van der Waals surface area contributed by atoms with Gasteiger partial charge in [0.05, 0.1) is 0 Å². The van der Waals surface area contributed by atoms with Crippen molar-refractivity contribution in [3.05, 3.63) is 35.1 Å². The van der Waals surface area contributed by atoms with Crippen molar-refractivity contribution in [2.75, 3.05) is 20.3 Å². The standard InChI is InChI=1S/C14H20FNO2/c1-11-10-12(15)6-7-13(11)14(17)16-8-4-3-5-9-18-2/h6-7,10H,3-5,8-9H2,1-2H3,(H,16,17). The number of ether oxygens (including phenoxy) is 1. The molecule has 0 atom stereocenters. The van der Waals surface area contributed by atoms with Gasteiger partial charge in [-0.2, -0.15) is 0 Å². The number of amides is 1. The molecule has 1 amide bonds. The highest BCUT2D eigenvalue weighted by atomic mass is 19.1. The zero-order valence-electron chi connectivity index (χ0n) is 11.0. The number of benzene rings is 1. The van der Waals surface area contributed by atoms with E-state index >= 15 is 0 Å². The zero-order valence-corrected chi connectivity index (χ0v) is 11.0. The molecular formula is C14H20FNO2. The van der Waals surface area contributed by atoms with Crippen LogP contribution in [0.4, 0.5) is 4.39 Å². The molecule has 0 aromatic heterocycles. The van der Waals surface area contributed by atoms with Crippen LogP contribution in [0.15, 0.2) is 18.2 Å². The molecule has 0 spiro atoms. The van der Waals surface area contributed by atoms with Crippen LogP contribution in [-0.2, 0) is 4.74 Å². The Kier molecular flexibility index (Phi) is 6.36. The van der Waals surface area contributed by atoms with Gasteiger partial charge in [0.2, 0.25) is 0 Å². The van der Waals surface area contributed by atoms with E-state index in [0.29, 0.717) is 17.7 Å². The molecule has 0 saturated heterocycles. The first-order chi connectivity index (χ1) is 8.65. The van der Waals surface area contributed by atoms with E-state index in [1.54, 1.807) is 14.0 Å². The molecule has 0 aliphatic heterocycles. The summed E-state index contributed by atoms with van der Waals surface area (Å²) in [5.41, 5.74) is 1.19. The number of rotatable bonds is 7. The van der Waals surface area contributed by atoms with Gasteiger partial charge >= 0.3 is 0 Å². The Morgan fingerprint density at radius 2 is 2.11 bits per heavy atom. The molecule has 0 heterocycles.